The number of benzene rings is 3. The minimum Gasteiger partial charge on any atom is -0.352 e. The van der Waals surface area contributed by atoms with Gasteiger partial charge in [0.1, 0.15) is 12.6 Å². The third-order valence-corrected chi connectivity index (χ3v) is 8.89. The van der Waals surface area contributed by atoms with Crippen molar-refractivity contribution in [1.29, 1.82) is 0 Å². The second-order valence-electron chi connectivity index (χ2n) is 9.81. The molecule has 1 N–H and O–H groups in total. The minimum atomic E-state index is -4.02. The van der Waals surface area contributed by atoms with Crippen molar-refractivity contribution in [2.24, 2.45) is 0 Å². The first-order chi connectivity index (χ1) is 19.0. The smallest absolute Gasteiger partial charge is 0.304 e. The minimum absolute atomic E-state index is 0.0940. The van der Waals surface area contributed by atoms with Crippen LogP contribution in [0.15, 0.2) is 89.4 Å². The number of halogens is 1. The highest BCUT2D eigenvalue weighted by Crippen LogP contribution is 2.22. The van der Waals surface area contributed by atoms with Gasteiger partial charge >= 0.3 is 10.2 Å². The lowest BCUT2D eigenvalue weighted by molar-refractivity contribution is -0.140. The van der Waals surface area contributed by atoms with E-state index in [4.69, 9.17) is 0 Å². The third kappa shape index (κ3) is 8.39. The van der Waals surface area contributed by atoms with Gasteiger partial charge < -0.3 is 10.2 Å². The van der Waals surface area contributed by atoms with E-state index in [1.165, 1.54) is 19.0 Å². The number of nitrogens with zero attached hydrogens (tertiary/aromatic N) is 3. The van der Waals surface area contributed by atoms with Gasteiger partial charge in [0.2, 0.25) is 11.8 Å². The van der Waals surface area contributed by atoms with Crippen molar-refractivity contribution in [3.05, 3.63) is 101 Å². The zero-order valence-electron chi connectivity index (χ0n) is 23.3. The van der Waals surface area contributed by atoms with Gasteiger partial charge in [-0.3, -0.25) is 9.59 Å². The average Bonchev–Trinajstić information content (AvgIpc) is 2.94. The van der Waals surface area contributed by atoms with Crippen molar-refractivity contribution in [3.8, 4) is 0 Å². The molecule has 0 aliphatic rings. The lowest BCUT2D eigenvalue weighted by Gasteiger charge is -2.35. The van der Waals surface area contributed by atoms with Gasteiger partial charge in [-0.1, -0.05) is 83.5 Å². The van der Waals surface area contributed by atoms with Gasteiger partial charge in [0, 0.05) is 37.6 Å². The SMILES string of the molecule is CC[C@@H](C)NC(=O)[C@H](Cc1ccccc1)N(Cc1cccc(Br)c1)C(=O)CN(c1ccccc1)S(=O)(=O)N(C)C. The summed E-state index contributed by atoms with van der Waals surface area (Å²) in [4.78, 5) is 29.4. The Labute approximate surface area is 246 Å². The molecular weight excluding hydrogens is 592 g/mol. The number of para-hydroxylation sites is 1. The number of rotatable bonds is 13. The molecule has 0 aromatic heterocycles. The highest BCUT2D eigenvalue weighted by atomic mass is 79.9. The van der Waals surface area contributed by atoms with E-state index >= 15 is 0 Å². The topological polar surface area (TPSA) is 90.0 Å². The summed E-state index contributed by atoms with van der Waals surface area (Å²) in [5.41, 5.74) is 2.05. The first kappa shape index (κ1) is 31.3. The van der Waals surface area contributed by atoms with Crippen molar-refractivity contribution in [3.63, 3.8) is 0 Å². The Morgan fingerprint density at radius 1 is 0.900 bits per heavy atom. The summed E-state index contributed by atoms with van der Waals surface area (Å²) in [5, 5.41) is 3.03. The van der Waals surface area contributed by atoms with Gasteiger partial charge in [0.05, 0.1) is 5.69 Å². The molecule has 8 nitrogen and oxygen atoms in total. The van der Waals surface area contributed by atoms with Crippen LogP contribution in [0.3, 0.4) is 0 Å². The molecule has 0 aliphatic heterocycles. The van der Waals surface area contributed by atoms with Crippen LogP contribution in [0.1, 0.15) is 31.4 Å². The maximum absolute atomic E-state index is 14.2. The van der Waals surface area contributed by atoms with Crippen LogP contribution in [0, 0.1) is 0 Å². The van der Waals surface area contributed by atoms with Crippen LogP contribution in [0.2, 0.25) is 0 Å². The van der Waals surface area contributed by atoms with E-state index < -0.39 is 28.7 Å². The number of nitrogens with one attached hydrogen (secondary N) is 1. The molecule has 3 rings (SSSR count). The van der Waals surface area contributed by atoms with E-state index in [1.807, 2.05) is 68.4 Å². The fourth-order valence-corrected chi connectivity index (χ4v) is 5.64. The van der Waals surface area contributed by atoms with Gasteiger partial charge in [0.15, 0.2) is 0 Å². The third-order valence-electron chi connectivity index (χ3n) is 6.58. The molecule has 0 unspecified atom stereocenters. The van der Waals surface area contributed by atoms with Crippen molar-refractivity contribution >= 4 is 43.6 Å². The van der Waals surface area contributed by atoms with Crippen LogP contribution in [-0.4, -0.2) is 62.2 Å². The first-order valence-electron chi connectivity index (χ1n) is 13.2. The number of anilines is 1. The highest BCUT2D eigenvalue weighted by Gasteiger charge is 2.35. The molecule has 0 aliphatic carbocycles. The van der Waals surface area contributed by atoms with Crippen LogP contribution in [0.25, 0.3) is 0 Å². The Kier molecular flexibility index (Phi) is 11.3. The average molecular weight is 630 g/mol. The van der Waals surface area contributed by atoms with Gasteiger partial charge in [-0.25, -0.2) is 4.31 Å². The summed E-state index contributed by atoms with van der Waals surface area (Å²) in [6, 6.07) is 24.5. The summed E-state index contributed by atoms with van der Waals surface area (Å²) in [7, 11) is -1.17. The zero-order chi connectivity index (χ0) is 29.3. The Morgan fingerprint density at radius 3 is 2.08 bits per heavy atom. The second-order valence-corrected chi connectivity index (χ2v) is 12.8. The summed E-state index contributed by atoms with van der Waals surface area (Å²) in [6.45, 7) is 3.54. The van der Waals surface area contributed by atoms with E-state index in [1.54, 1.807) is 30.3 Å². The van der Waals surface area contributed by atoms with Crippen molar-refractivity contribution in [2.45, 2.75) is 45.3 Å². The molecule has 0 fully saturated rings. The molecule has 2 atom stereocenters. The lowest BCUT2D eigenvalue weighted by atomic mass is 10.0. The zero-order valence-corrected chi connectivity index (χ0v) is 25.7. The van der Waals surface area contributed by atoms with Gasteiger partial charge in [-0.15, -0.1) is 0 Å². The second kappa shape index (κ2) is 14.4. The fraction of sp³-hybridized carbons (Fsp3) is 0.333. The molecule has 0 bridgehead atoms. The molecule has 10 heteroatoms. The molecule has 0 radical (unpaired) electrons. The molecule has 2 amide bonds. The Balaban J connectivity index is 2.08. The molecule has 0 saturated heterocycles. The molecule has 3 aromatic rings. The summed E-state index contributed by atoms with van der Waals surface area (Å²) in [5.74, 6) is -0.780. The molecule has 0 spiro atoms. The van der Waals surface area contributed by atoms with Gasteiger partial charge in [0.25, 0.3) is 0 Å². The molecule has 214 valence electrons. The number of amides is 2. The number of carbonyl (C=O) groups is 2. The quantitative estimate of drug-likeness (QED) is 0.299. The van der Waals surface area contributed by atoms with E-state index in [0.29, 0.717) is 5.69 Å². The van der Waals surface area contributed by atoms with Crippen LogP contribution < -0.4 is 9.62 Å². The Morgan fingerprint density at radius 2 is 1.50 bits per heavy atom. The lowest BCUT2D eigenvalue weighted by Crippen LogP contribution is -2.55. The van der Waals surface area contributed by atoms with Crippen LogP contribution >= 0.6 is 15.9 Å². The summed E-state index contributed by atoms with van der Waals surface area (Å²) >= 11 is 3.49. The van der Waals surface area contributed by atoms with E-state index in [0.717, 1.165) is 30.6 Å². The standard InChI is InChI=1S/C30H37BrN4O4S/c1-5-23(2)32-30(37)28(20-24-13-8-6-9-14-24)34(21-25-15-12-16-26(31)19-25)29(36)22-35(40(38,39)33(3)4)27-17-10-7-11-18-27/h6-19,23,28H,5,20-22H2,1-4H3,(H,32,37)/t23-,28+/m1/s1. The highest BCUT2D eigenvalue weighted by molar-refractivity contribution is 9.10. The Bertz CT molecular complexity index is 1370. The molecule has 0 heterocycles. The first-order valence-corrected chi connectivity index (χ1v) is 15.3. The summed E-state index contributed by atoms with van der Waals surface area (Å²) < 4.78 is 29.7. The van der Waals surface area contributed by atoms with Gasteiger partial charge in [-0.05, 0) is 48.7 Å². The fourth-order valence-electron chi connectivity index (χ4n) is 4.14. The molecule has 3 aromatic carbocycles. The van der Waals surface area contributed by atoms with Crippen LogP contribution in [-0.2, 0) is 32.8 Å². The van der Waals surface area contributed by atoms with E-state index in [-0.39, 0.29) is 24.9 Å². The van der Waals surface area contributed by atoms with E-state index in [9.17, 15) is 18.0 Å². The van der Waals surface area contributed by atoms with Crippen molar-refractivity contribution in [2.75, 3.05) is 24.9 Å². The number of carbonyl (C=O) groups excluding carboxylic acids is 2. The monoisotopic (exact) mass is 628 g/mol. The number of hydrogen-bond donors (Lipinski definition) is 1. The molecular formula is C30H37BrN4O4S. The van der Waals surface area contributed by atoms with Crippen molar-refractivity contribution < 1.29 is 18.0 Å². The molecule has 40 heavy (non-hydrogen) atoms. The van der Waals surface area contributed by atoms with Crippen LogP contribution in [0.5, 0.6) is 0 Å². The predicted molar refractivity (Wildman–Crippen MR) is 163 cm³/mol. The molecule has 0 saturated carbocycles. The summed E-state index contributed by atoms with van der Waals surface area (Å²) in [6.07, 6.45) is 1.00. The largest absolute Gasteiger partial charge is 0.352 e. The maximum Gasteiger partial charge on any atom is 0.304 e. The maximum atomic E-state index is 14.2. The normalized spacial score (nSPS) is 12.9. The predicted octanol–water partition coefficient (Wildman–Crippen LogP) is 4.62. The van der Waals surface area contributed by atoms with Crippen LogP contribution in [0.4, 0.5) is 5.69 Å². The Hall–Kier alpha value is -3.21. The van der Waals surface area contributed by atoms with Gasteiger partial charge in [-0.2, -0.15) is 12.7 Å². The van der Waals surface area contributed by atoms with E-state index in [2.05, 4.69) is 21.2 Å². The number of hydrogen-bond acceptors (Lipinski definition) is 4. The van der Waals surface area contributed by atoms with Crippen molar-refractivity contribution in [1.82, 2.24) is 14.5 Å².